The van der Waals surface area contributed by atoms with E-state index in [0.717, 1.165) is 11.6 Å². The quantitative estimate of drug-likeness (QED) is 0.287. The Hall–Kier alpha value is -4.95. The van der Waals surface area contributed by atoms with E-state index in [4.69, 9.17) is 16.3 Å². The fraction of sp³-hybridized carbons (Fsp3) is 0.276. The Kier molecular flexibility index (Phi) is 9.41. The Morgan fingerprint density at radius 3 is 2.68 bits per heavy atom. The van der Waals surface area contributed by atoms with E-state index in [-0.39, 0.29) is 47.0 Å². The number of carbonyl (C=O) groups excluding carboxylic acids is 3. The van der Waals surface area contributed by atoms with E-state index in [1.807, 2.05) is 0 Å². The molecule has 1 atom stereocenters. The minimum atomic E-state index is -1.17. The monoisotopic (exact) mass is 623 g/mol. The maximum absolute atomic E-state index is 15.0. The maximum atomic E-state index is 15.0. The fourth-order valence-electron chi connectivity index (χ4n) is 4.91. The molecule has 0 spiro atoms. The summed E-state index contributed by atoms with van der Waals surface area (Å²) in [5, 5.41) is 25.4. The van der Waals surface area contributed by atoms with E-state index in [0.29, 0.717) is 37.6 Å². The van der Waals surface area contributed by atoms with E-state index in [1.165, 1.54) is 35.3 Å². The molecule has 5 rings (SSSR count). The third-order valence-electron chi connectivity index (χ3n) is 7.18. The molecule has 3 amide bonds. The first kappa shape index (κ1) is 30.5. The molecule has 2 heterocycles. The number of halogens is 2. The second-order valence-corrected chi connectivity index (χ2v) is 10.4. The second-order valence-electron chi connectivity index (χ2n) is 9.99. The van der Waals surface area contributed by atoms with Crippen LogP contribution in [0.25, 0.3) is 17.8 Å². The molecule has 1 aromatic heterocycles. The van der Waals surface area contributed by atoms with Gasteiger partial charge in [-0.1, -0.05) is 23.7 Å². The summed E-state index contributed by atoms with van der Waals surface area (Å²) in [5.41, 5.74) is 1.99. The molecule has 44 heavy (non-hydrogen) atoms. The van der Waals surface area contributed by atoms with Crippen LogP contribution in [0, 0.1) is 5.82 Å². The average molecular weight is 624 g/mol. The van der Waals surface area contributed by atoms with Gasteiger partial charge < -0.3 is 25.4 Å². The van der Waals surface area contributed by atoms with Gasteiger partial charge in [0.25, 0.3) is 0 Å². The Morgan fingerprint density at radius 1 is 1.16 bits per heavy atom. The molecule has 1 aliphatic carbocycles. The number of morpholine rings is 1. The maximum Gasteiger partial charge on any atom is 0.331 e. The van der Waals surface area contributed by atoms with Crippen LogP contribution in [0.5, 0.6) is 0 Å². The molecular formula is C29H27ClFN7O6. The van der Waals surface area contributed by atoms with Crippen molar-refractivity contribution in [3.63, 3.8) is 0 Å². The zero-order chi connectivity index (χ0) is 31.2. The number of carbonyl (C=O) groups is 4. The van der Waals surface area contributed by atoms with E-state index in [1.54, 1.807) is 23.1 Å². The number of aromatic nitrogens is 4. The molecule has 13 nitrogen and oxygen atoms in total. The summed E-state index contributed by atoms with van der Waals surface area (Å²) in [4.78, 5) is 52.5. The Balaban J connectivity index is 1.35. The summed E-state index contributed by atoms with van der Waals surface area (Å²) < 4.78 is 21.4. The van der Waals surface area contributed by atoms with E-state index < -0.39 is 29.6 Å². The number of nitrogens with one attached hydrogen (secondary N) is 2. The van der Waals surface area contributed by atoms with Crippen LogP contribution < -0.4 is 10.6 Å². The predicted octanol–water partition coefficient (Wildman–Crippen LogP) is 2.25. The number of rotatable bonds is 10. The third-order valence-corrected chi connectivity index (χ3v) is 7.47. The number of nitrogens with zero attached hydrogens (tertiary/aromatic N) is 5. The highest BCUT2D eigenvalue weighted by Gasteiger charge is 2.26. The molecule has 228 valence electrons. The molecule has 0 bridgehead atoms. The lowest BCUT2D eigenvalue weighted by Gasteiger charge is -2.27. The van der Waals surface area contributed by atoms with Crippen molar-refractivity contribution in [2.45, 2.75) is 25.3 Å². The van der Waals surface area contributed by atoms with Crippen molar-refractivity contribution >= 4 is 53.1 Å². The highest BCUT2D eigenvalue weighted by Crippen LogP contribution is 2.31. The SMILES string of the molecule is O=C(/C=C/c1c(-n2cnnn2)ccc(Cl)c1F)N[C@@H](CCC(=O)N1CCOCC1)C(=O)Nc1cccc2c1C=C(C(=O)O)C2. The van der Waals surface area contributed by atoms with Crippen molar-refractivity contribution in [2.24, 2.45) is 0 Å². The first-order valence-corrected chi connectivity index (χ1v) is 14.0. The van der Waals surface area contributed by atoms with Crippen LogP contribution in [-0.2, 0) is 30.3 Å². The Labute approximate surface area is 255 Å². The van der Waals surface area contributed by atoms with Crippen LogP contribution in [0.4, 0.5) is 10.1 Å². The number of anilines is 1. The second kappa shape index (κ2) is 13.6. The molecule has 2 aliphatic rings. The predicted molar refractivity (Wildman–Crippen MR) is 156 cm³/mol. The topological polar surface area (TPSA) is 169 Å². The van der Waals surface area contributed by atoms with E-state index in [2.05, 4.69) is 26.2 Å². The number of ether oxygens (including phenoxy) is 1. The van der Waals surface area contributed by atoms with Gasteiger partial charge in [0.1, 0.15) is 12.4 Å². The largest absolute Gasteiger partial charge is 0.478 e. The molecular weight excluding hydrogens is 597 g/mol. The van der Waals surface area contributed by atoms with Crippen LogP contribution >= 0.6 is 11.6 Å². The molecule has 1 aliphatic heterocycles. The molecule has 0 unspecified atom stereocenters. The smallest absolute Gasteiger partial charge is 0.331 e. The number of fused-ring (bicyclic) bond motifs is 1. The van der Waals surface area contributed by atoms with E-state index in [9.17, 15) is 28.7 Å². The number of hydrogen-bond acceptors (Lipinski definition) is 8. The van der Waals surface area contributed by atoms with Gasteiger partial charge in [-0.15, -0.1) is 5.10 Å². The number of tetrazole rings is 1. The zero-order valence-corrected chi connectivity index (χ0v) is 24.0. The van der Waals surface area contributed by atoms with Crippen molar-refractivity contribution in [2.75, 3.05) is 31.6 Å². The van der Waals surface area contributed by atoms with Crippen LogP contribution in [-0.4, -0.2) is 86.2 Å². The van der Waals surface area contributed by atoms with Gasteiger partial charge in [-0.2, -0.15) is 4.68 Å². The van der Waals surface area contributed by atoms with Crippen LogP contribution in [0.3, 0.4) is 0 Å². The lowest BCUT2D eigenvalue weighted by Crippen LogP contribution is -2.45. The number of amides is 3. The molecule has 3 N–H and O–H groups in total. The van der Waals surface area contributed by atoms with Gasteiger partial charge in [0.15, 0.2) is 5.82 Å². The summed E-state index contributed by atoms with van der Waals surface area (Å²) in [6, 6.07) is 6.72. The number of hydrogen-bond donors (Lipinski definition) is 3. The first-order valence-electron chi connectivity index (χ1n) is 13.6. The lowest BCUT2D eigenvalue weighted by molar-refractivity contribution is -0.136. The molecule has 3 aromatic rings. The summed E-state index contributed by atoms with van der Waals surface area (Å²) in [7, 11) is 0. The molecule has 15 heteroatoms. The van der Waals surface area contributed by atoms with Gasteiger partial charge in [0.05, 0.1) is 23.9 Å². The fourth-order valence-corrected chi connectivity index (χ4v) is 5.07. The molecule has 1 saturated heterocycles. The number of aliphatic carboxylic acids is 1. The lowest BCUT2D eigenvalue weighted by atomic mass is 10.1. The van der Waals surface area contributed by atoms with Crippen molar-refractivity contribution in [1.82, 2.24) is 30.4 Å². The molecule has 0 radical (unpaired) electrons. The molecule has 2 aromatic carbocycles. The van der Waals surface area contributed by atoms with Crippen molar-refractivity contribution in [3.05, 3.63) is 75.8 Å². The molecule has 0 saturated carbocycles. The minimum Gasteiger partial charge on any atom is -0.478 e. The van der Waals surface area contributed by atoms with Gasteiger partial charge in [0.2, 0.25) is 17.7 Å². The number of benzene rings is 2. The van der Waals surface area contributed by atoms with Crippen molar-refractivity contribution in [3.8, 4) is 5.69 Å². The van der Waals surface area contributed by atoms with Gasteiger partial charge in [0, 0.05) is 54.4 Å². The van der Waals surface area contributed by atoms with Gasteiger partial charge in [-0.3, -0.25) is 14.4 Å². The van der Waals surface area contributed by atoms with Gasteiger partial charge in [-0.25, -0.2) is 9.18 Å². The van der Waals surface area contributed by atoms with Crippen molar-refractivity contribution < 1.29 is 33.4 Å². The highest BCUT2D eigenvalue weighted by atomic mass is 35.5. The van der Waals surface area contributed by atoms with Gasteiger partial charge in [-0.05, 0) is 52.8 Å². The minimum absolute atomic E-state index is 0.0335. The zero-order valence-electron chi connectivity index (χ0n) is 23.2. The Morgan fingerprint density at radius 2 is 1.95 bits per heavy atom. The number of carboxylic acid groups (broad SMARTS) is 1. The standard InChI is InChI=1S/C29H27ClFN7O6/c30-21-5-7-24(38-16-32-35-36-38)19(27(21)31)4-8-25(39)33-23(6-9-26(40)37-10-12-44-13-11-37)28(41)34-22-3-1-2-17-14-18(29(42)43)15-20(17)22/h1-5,7-8,15-16,23H,6,9-14H2,(H,33,39)(H,34,41)(H,42,43)/b8-4+/t23-/m0/s1. The third kappa shape index (κ3) is 6.98. The molecule has 1 fully saturated rings. The average Bonchev–Trinajstić information content (AvgIpc) is 3.71. The first-order chi connectivity index (χ1) is 21.2. The van der Waals surface area contributed by atoms with Crippen LogP contribution in [0.15, 0.2) is 48.3 Å². The highest BCUT2D eigenvalue weighted by molar-refractivity contribution is 6.31. The summed E-state index contributed by atoms with van der Waals surface area (Å²) in [5.74, 6) is -3.41. The normalized spacial score (nSPS) is 15.0. The van der Waals surface area contributed by atoms with Crippen LogP contribution in [0.2, 0.25) is 5.02 Å². The number of carboxylic acids is 1. The van der Waals surface area contributed by atoms with Crippen LogP contribution in [0.1, 0.15) is 29.5 Å². The van der Waals surface area contributed by atoms with Gasteiger partial charge >= 0.3 is 5.97 Å². The Bertz CT molecular complexity index is 1650. The summed E-state index contributed by atoms with van der Waals surface area (Å²) in [6.07, 6.45) is 5.10. The van der Waals surface area contributed by atoms with Crippen molar-refractivity contribution in [1.29, 1.82) is 0 Å². The summed E-state index contributed by atoms with van der Waals surface area (Å²) in [6.45, 7) is 1.67. The van der Waals surface area contributed by atoms with E-state index >= 15 is 0 Å². The summed E-state index contributed by atoms with van der Waals surface area (Å²) >= 11 is 5.96.